The molecule has 1 aromatic heterocycles. The van der Waals surface area contributed by atoms with Gasteiger partial charge in [-0.3, -0.25) is 9.80 Å². The molecule has 0 saturated carbocycles. The van der Waals surface area contributed by atoms with Crippen LogP contribution < -0.4 is 0 Å². The Bertz CT molecular complexity index is 633. The molecule has 0 amide bonds. The molecule has 0 aliphatic carbocycles. The molecule has 2 heterocycles. The quantitative estimate of drug-likeness (QED) is 0.798. The highest BCUT2D eigenvalue weighted by Crippen LogP contribution is 2.15. The van der Waals surface area contributed by atoms with Crippen LogP contribution >= 0.6 is 0 Å². The molecule has 0 atom stereocenters. The van der Waals surface area contributed by atoms with Crippen molar-refractivity contribution in [2.75, 3.05) is 39.4 Å². The maximum atomic E-state index is 9.47. The number of aryl methyl sites for hydroxylation is 1. The number of phenolic OH excluding ortho intramolecular Hbond substituents is 1. The van der Waals surface area contributed by atoms with Crippen molar-refractivity contribution in [3.8, 4) is 5.75 Å². The van der Waals surface area contributed by atoms with Crippen LogP contribution in [0.5, 0.6) is 5.75 Å². The molecule has 136 valence electrons. The molecule has 0 bridgehead atoms. The zero-order valence-electron chi connectivity index (χ0n) is 15.0. The maximum Gasteiger partial charge on any atom is 0.118 e. The summed E-state index contributed by atoms with van der Waals surface area (Å²) in [6, 6.07) is 11.5. The fraction of sp³-hybridized carbons (Fsp3) is 0.500. The number of benzene rings is 1. The second kappa shape index (κ2) is 9.04. The van der Waals surface area contributed by atoms with Crippen molar-refractivity contribution in [2.24, 2.45) is 0 Å². The number of hydrogen-bond donors (Lipinski definition) is 1. The number of ether oxygens (including phenoxy) is 1. The fourth-order valence-corrected chi connectivity index (χ4v) is 3.21. The summed E-state index contributed by atoms with van der Waals surface area (Å²) in [5.74, 6) is 2.26. The topological polar surface area (TPSA) is 49.1 Å². The molecule has 5 heteroatoms. The van der Waals surface area contributed by atoms with Gasteiger partial charge in [-0.05, 0) is 49.7 Å². The molecular formula is C20H28N2O3. The summed E-state index contributed by atoms with van der Waals surface area (Å²) in [6.45, 7) is 9.52. The Balaban J connectivity index is 1.55. The summed E-state index contributed by atoms with van der Waals surface area (Å²) >= 11 is 0. The lowest BCUT2D eigenvalue weighted by atomic mass is 10.2. The Kier molecular flexibility index (Phi) is 6.50. The van der Waals surface area contributed by atoms with Crippen molar-refractivity contribution in [2.45, 2.75) is 26.4 Å². The van der Waals surface area contributed by atoms with E-state index in [-0.39, 0.29) is 0 Å². The van der Waals surface area contributed by atoms with E-state index >= 15 is 0 Å². The van der Waals surface area contributed by atoms with E-state index in [4.69, 9.17) is 9.15 Å². The standard InChI is InChI=1S/C20H28N2O3/c1-17-3-8-20(25-17)16-22(15-18-4-6-19(23)7-5-18)10-2-9-21-11-13-24-14-12-21/h3-8,23H,2,9-16H2,1H3. The average molecular weight is 344 g/mol. The normalized spacial score (nSPS) is 15.8. The van der Waals surface area contributed by atoms with E-state index in [0.717, 1.165) is 70.4 Å². The van der Waals surface area contributed by atoms with Crippen LogP contribution in [0, 0.1) is 6.92 Å². The predicted molar refractivity (Wildman–Crippen MR) is 97.5 cm³/mol. The van der Waals surface area contributed by atoms with Gasteiger partial charge in [-0.1, -0.05) is 12.1 Å². The second-order valence-electron chi connectivity index (χ2n) is 6.70. The molecule has 1 saturated heterocycles. The minimum Gasteiger partial charge on any atom is -0.508 e. The number of rotatable bonds is 8. The molecule has 1 N–H and O–H groups in total. The van der Waals surface area contributed by atoms with Gasteiger partial charge in [0.05, 0.1) is 19.8 Å². The van der Waals surface area contributed by atoms with Crippen molar-refractivity contribution < 1.29 is 14.3 Å². The molecule has 1 aromatic carbocycles. The van der Waals surface area contributed by atoms with E-state index in [0.29, 0.717) is 5.75 Å². The Morgan fingerprint density at radius 2 is 1.80 bits per heavy atom. The minimum absolute atomic E-state index is 0.310. The molecule has 0 unspecified atom stereocenters. The first-order chi connectivity index (χ1) is 12.2. The maximum absolute atomic E-state index is 9.47. The van der Waals surface area contributed by atoms with Gasteiger partial charge in [0.1, 0.15) is 17.3 Å². The SMILES string of the molecule is Cc1ccc(CN(CCCN2CCOCC2)Cc2ccc(O)cc2)o1. The van der Waals surface area contributed by atoms with Crippen LogP contribution in [-0.2, 0) is 17.8 Å². The smallest absolute Gasteiger partial charge is 0.118 e. The molecule has 1 fully saturated rings. The average Bonchev–Trinajstić information content (AvgIpc) is 3.03. The molecule has 25 heavy (non-hydrogen) atoms. The summed E-state index contributed by atoms with van der Waals surface area (Å²) in [6.07, 6.45) is 1.12. The lowest BCUT2D eigenvalue weighted by molar-refractivity contribution is 0.0358. The molecular weight excluding hydrogens is 316 g/mol. The lowest BCUT2D eigenvalue weighted by Gasteiger charge is -2.28. The van der Waals surface area contributed by atoms with Crippen LogP contribution in [0.2, 0.25) is 0 Å². The molecule has 0 spiro atoms. The number of furan rings is 1. The second-order valence-corrected chi connectivity index (χ2v) is 6.70. The van der Waals surface area contributed by atoms with Crippen LogP contribution in [0.3, 0.4) is 0 Å². The van der Waals surface area contributed by atoms with E-state index in [1.165, 1.54) is 5.56 Å². The van der Waals surface area contributed by atoms with Gasteiger partial charge in [0.2, 0.25) is 0 Å². The third-order valence-corrected chi connectivity index (χ3v) is 4.57. The fourth-order valence-electron chi connectivity index (χ4n) is 3.21. The zero-order chi connectivity index (χ0) is 17.5. The Morgan fingerprint density at radius 3 is 2.48 bits per heavy atom. The molecule has 5 nitrogen and oxygen atoms in total. The molecule has 1 aliphatic heterocycles. The van der Waals surface area contributed by atoms with E-state index < -0.39 is 0 Å². The summed E-state index contributed by atoms with van der Waals surface area (Å²) in [5.41, 5.74) is 1.20. The predicted octanol–water partition coefficient (Wildman–Crippen LogP) is 3.02. The lowest BCUT2D eigenvalue weighted by Crippen LogP contribution is -2.38. The Morgan fingerprint density at radius 1 is 1.04 bits per heavy atom. The van der Waals surface area contributed by atoms with Gasteiger partial charge in [-0.2, -0.15) is 0 Å². The molecule has 0 radical (unpaired) electrons. The summed E-state index contributed by atoms with van der Waals surface area (Å²) in [5, 5.41) is 9.47. The first-order valence-corrected chi connectivity index (χ1v) is 9.05. The first-order valence-electron chi connectivity index (χ1n) is 9.05. The highest BCUT2D eigenvalue weighted by Gasteiger charge is 2.13. The molecule has 3 rings (SSSR count). The van der Waals surface area contributed by atoms with E-state index in [1.807, 2.05) is 25.1 Å². The highest BCUT2D eigenvalue weighted by molar-refractivity contribution is 5.25. The third-order valence-electron chi connectivity index (χ3n) is 4.57. The van der Waals surface area contributed by atoms with Crippen molar-refractivity contribution >= 4 is 0 Å². The van der Waals surface area contributed by atoms with Crippen LogP contribution in [-0.4, -0.2) is 54.3 Å². The molecule has 2 aromatic rings. The van der Waals surface area contributed by atoms with Gasteiger partial charge in [0.15, 0.2) is 0 Å². The van der Waals surface area contributed by atoms with Gasteiger partial charge in [0.25, 0.3) is 0 Å². The van der Waals surface area contributed by atoms with Crippen molar-refractivity contribution in [3.05, 3.63) is 53.5 Å². The summed E-state index contributed by atoms with van der Waals surface area (Å²) in [7, 11) is 0. The number of aromatic hydroxyl groups is 1. The Hall–Kier alpha value is -1.82. The van der Waals surface area contributed by atoms with Gasteiger partial charge in [-0.15, -0.1) is 0 Å². The van der Waals surface area contributed by atoms with Gasteiger partial charge < -0.3 is 14.3 Å². The summed E-state index contributed by atoms with van der Waals surface area (Å²) in [4.78, 5) is 4.88. The van der Waals surface area contributed by atoms with E-state index in [1.54, 1.807) is 12.1 Å². The van der Waals surface area contributed by atoms with Crippen LogP contribution in [0.25, 0.3) is 0 Å². The van der Waals surface area contributed by atoms with E-state index in [9.17, 15) is 5.11 Å². The third kappa shape index (κ3) is 5.88. The zero-order valence-corrected chi connectivity index (χ0v) is 15.0. The van der Waals surface area contributed by atoms with Crippen LogP contribution in [0.4, 0.5) is 0 Å². The van der Waals surface area contributed by atoms with Crippen LogP contribution in [0.15, 0.2) is 40.8 Å². The Labute approximate surface area is 149 Å². The number of nitrogens with zero attached hydrogens (tertiary/aromatic N) is 2. The minimum atomic E-state index is 0.310. The number of hydrogen-bond acceptors (Lipinski definition) is 5. The van der Waals surface area contributed by atoms with Crippen molar-refractivity contribution in [1.29, 1.82) is 0 Å². The monoisotopic (exact) mass is 344 g/mol. The van der Waals surface area contributed by atoms with E-state index in [2.05, 4.69) is 15.9 Å². The van der Waals surface area contributed by atoms with Gasteiger partial charge in [-0.25, -0.2) is 0 Å². The van der Waals surface area contributed by atoms with Crippen molar-refractivity contribution in [3.63, 3.8) is 0 Å². The first kappa shape index (κ1) is 18.0. The largest absolute Gasteiger partial charge is 0.508 e. The highest BCUT2D eigenvalue weighted by atomic mass is 16.5. The van der Waals surface area contributed by atoms with Crippen LogP contribution in [0.1, 0.15) is 23.5 Å². The number of morpholine rings is 1. The van der Waals surface area contributed by atoms with Crippen molar-refractivity contribution in [1.82, 2.24) is 9.80 Å². The van der Waals surface area contributed by atoms with Gasteiger partial charge in [0, 0.05) is 26.2 Å². The summed E-state index contributed by atoms with van der Waals surface area (Å²) < 4.78 is 11.2. The van der Waals surface area contributed by atoms with Gasteiger partial charge >= 0.3 is 0 Å². The molecule has 1 aliphatic rings. The number of phenols is 1.